The Kier molecular flexibility index (Phi) is 5.96. The normalized spacial score (nSPS) is 31.6. The maximum absolute atomic E-state index is 12.9. The quantitative estimate of drug-likeness (QED) is 0.772. The van der Waals surface area contributed by atoms with E-state index < -0.39 is 0 Å². The molecule has 0 aromatic rings. The predicted molar refractivity (Wildman–Crippen MR) is 92.9 cm³/mol. The highest BCUT2D eigenvalue weighted by atomic mass is 16.5. The van der Waals surface area contributed by atoms with Crippen molar-refractivity contribution in [3.63, 3.8) is 0 Å². The maximum Gasteiger partial charge on any atom is 0.225 e. The van der Waals surface area contributed by atoms with Crippen molar-refractivity contribution in [2.45, 2.75) is 50.2 Å². The fourth-order valence-electron chi connectivity index (χ4n) is 4.53. The number of carbonyl (C=O) groups excluding carboxylic acids is 2. The molecule has 2 atom stereocenters. The van der Waals surface area contributed by atoms with Gasteiger partial charge in [-0.05, 0) is 45.2 Å². The number of nitrogens with two attached hydrogens (primary N) is 1. The van der Waals surface area contributed by atoms with Gasteiger partial charge in [0.2, 0.25) is 11.8 Å². The van der Waals surface area contributed by atoms with Gasteiger partial charge in [0.25, 0.3) is 0 Å². The largest absolute Gasteiger partial charge is 0.377 e. The van der Waals surface area contributed by atoms with Crippen LogP contribution in [-0.4, -0.2) is 79.8 Å². The van der Waals surface area contributed by atoms with Gasteiger partial charge in [0, 0.05) is 45.7 Å². The fourth-order valence-corrected chi connectivity index (χ4v) is 4.53. The molecule has 3 aliphatic heterocycles. The summed E-state index contributed by atoms with van der Waals surface area (Å²) in [4.78, 5) is 28.0. The second-order valence-corrected chi connectivity index (χ2v) is 7.61. The lowest BCUT2D eigenvalue weighted by atomic mass is 9.84. The standard InChI is InChI=1S/C18H31N3O4/c1-24-15-13-21(11-7-18(15)6-2-12-25-18)17(23)14-3-8-20(9-4-14)10-5-16(19)22/h14-15H,2-13H2,1H3,(H2,19,22)/t15-,18-/m0/s1. The second kappa shape index (κ2) is 8.01. The molecule has 3 saturated heterocycles. The van der Waals surface area contributed by atoms with Crippen LogP contribution in [0.15, 0.2) is 0 Å². The summed E-state index contributed by atoms with van der Waals surface area (Å²) in [5, 5.41) is 0. The van der Waals surface area contributed by atoms with Gasteiger partial charge in [-0.2, -0.15) is 0 Å². The molecular weight excluding hydrogens is 322 g/mol. The van der Waals surface area contributed by atoms with E-state index in [0.29, 0.717) is 19.5 Å². The highest BCUT2D eigenvalue weighted by molar-refractivity contribution is 5.79. The first-order valence-electron chi connectivity index (χ1n) is 9.50. The molecule has 0 unspecified atom stereocenters. The predicted octanol–water partition coefficient (Wildman–Crippen LogP) is 0.370. The van der Waals surface area contributed by atoms with Gasteiger partial charge in [-0.25, -0.2) is 0 Å². The van der Waals surface area contributed by atoms with Crippen molar-refractivity contribution >= 4 is 11.8 Å². The van der Waals surface area contributed by atoms with E-state index in [1.165, 1.54) is 0 Å². The summed E-state index contributed by atoms with van der Waals surface area (Å²) in [6.07, 6.45) is 5.06. The Morgan fingerprint density at radius 3 is 2.60 bits per heavy atom. The minimum absolute atomic E-state index is 0.0247. The summed E-state index contributed by atoms with van der Waals surface area (Å²) in [6.45, 7) is 4.62. The third-order valence-corrected chi connectivity index (χ3v) is 6.12. The van der Waals surface area contributed by atoms with Crippen LogP contribution in [0.3, 0.4) is 0 Å². The molecule has 3 fully saturated rings. The van der Waals surface area contributed by atoms with E-state index in [2.05, 4.69) is 4.90 Å². The Bertz CT molecular complexity index is 485. The zero-order valence-corrected chi connectivity index (χ0v) is 15.2. The Labute approximate surface area is 149 Å². The van der Waals surface area contributed by atoms with Crippen LogP contribution in [0.1, 0.15) is 38.5 Å². The van der Waals surface area contributed by atoms with Gasteiger partial charge in [0.1, 0.15) is 6.10 Å². The summed E-state index contributed by atoms with van der Waals surface area (Å²) in [7, 11) is 1.72. The Balaban J connectivity index is 1.50. The van der Waals surface area contributed by atoms with Crippen molar-refractivity contribution < 1.29 is 19.1 Å². The smallest absolute Gasteiger partial charge is 0.225 e. The van der Waals surface area contributed by atoms with Crippen LogP contribution in [0.25, 0.3) is 0 Å². The first-order chi connectivity index (χ1) is 12.0. The SMILES string of the molecule is CO[C@H]1CN(C(=O)C2CCN(CCC(N)=O)CC2)CC[C@@]12CCCO2. The summed E-state index contributed by atoms with van der Waals surface area (Å²) in [5.74, 6) is 0.0745. The Hall–Kier alpha value is -1.18. The third kappa shape index (κ3) is 4.15. The van der Waals surface area contributed by atoms with E-state index in [0.717, 1.165) is 58.3 Å². The van der Waals surface area contributed by atoms with Crippen molar-refractivity contribution in [3.8, 4) is 0 Å². The lowest BCUT2D eigenvalue weighted by molar-refractivity contribution is -0.162. The minimum Gasteiger partial charge on any atom is -0.377 e. The molecule has 3 aliphatic rings. The summed E-state index contributed by atoms with van der Waals surface area (Å²) in [5.41, 5.74) is 5.03. The number of ether oxygens (including phenoxy) is 2. The average molecular weight is 353 g/mol. The van der Waals surface area contributed by atoms with E-state index in [1.807, 2.05) is 4.90 Å². The van der Waals surface area contributed by atoms with E-state index in [-0.39, 0.29) is 29.4 Å². The number of amides is 2. The molecule has 0 aliphatic carbocycles. The van der Waals surface area contributed by atoms with Crippen molar-refractivity contribution in [2.24, 2.45) is 11.7 Å². The number of nitrogens with zero attached hydrogens (tertiary/aromatic N) is 2. The van der Waals surface area contributed by atoms with Gasteiger partial charge in [-0.3, -0.25) is 9.59 Å². The highest BCUT2D eigenvalue weighted by Gasteiger charge is 2.48. The monoisotopic (exact) mass is 353 g/mol. The van der Waals surface area contributed by atoms with Crippen molar-refractivity contribution in [2.75, 3.05) is 46.4 Å². The Morgan fingerprint density at radius 1 is 1.24 bits per heavy atom. The van der Waals surface area contributed by atoms with Crippen LogP contribution in [0.5, 0.6) is 0 Å². The molecule has 0 saturated carbocycles. The van der Waals surface area contributed by atoms with Gasteiger partial charge in [0.15, 0.2) is 0 Å². The van der Waals surface area contributed by atoms with Crippen LogP contribution >= 0.6 is 0 Å². The molecule has 2 amide bonds. The van der Waals surface area contributed by atoms with Crippen LogP contribution in [-0.2, 0) is 19.1 Å². The van der Waals surface area contributed by atoms with E-state index >= 15 is 0 Å². The van der Waals surface area contributed by atoms with Crippen LogP contribution in [0.4, 0.5) is 0 Å². The van der Waals surface area contributed by atoms with Gasteiger partial charge in [-0.1, -0.05) is 0 Å². The van der Waals surface area contributed by atoms with Gasteiger partial charge in [0.05, 0.1) is 5.60 Å². The van der Waals surface area contributed by atoms with Crippen molar-refractivity contribution in [1.82, 2.24) is 9.80 Å². The Morgan fingerprint density at radius 2 is 2.00 bits per heavy atom. The van der Waals surface area contributed by atoms with Crippen LogP contribution in [0.2, 0.25) is 0 Å². The molecule has 7 heteroatoms. The number of methoxy groups -OCH3 is 1. The molecule has 0 aromatic heterocycles. The number of likely N-dealkylation sites (tertiary alicyclic amines) is 2. The van der Waals surface area contributed by atoms with E-state index in [4.69, 9.17) is 15.2 Å². The molecule has 3 rings (SSSR count). The van der Waals surface area contributed by atoms with Crippen molar-refractivity contribution in [1.29, 1.82) is 0 Å². The zero-order chi connectivity index (χ0) is 17.9. The number of hydrogen-bond donors (Lipinski definition) is 1. The summed E-state index contributed by atoms with van der Waals surface area (Å²) < 4.78 is 11.7. The van der Waals surface area contributed by atoms with Gasteiger partial charge < -0.3 is 25.0 Å². The third-order valence-electron chi connectivity index (χ3n) is 6.12. The minimum atomic E-state index is -0.264. The zero-order valence-electron chi connectivity index (χ0n) is 15.2. The molecular formula is C18H31N3O4. The number of hydrogen-bond acceptors (Lipinski definition) is 5. The molecule has 1 spiro atoms. The molecule has 3 heterocycles. The molecule has 142 valence electrons. The molecule has 0 aromatic carbocycles. The topological polar surface area (TPSA) is 85.1 Å². The number of primary amides is 1. The molecule has 25 heavy (non-hydrogen) atoms. The molecule has 0 radical (unpaired) electrons. The van der Waals surface area contributed by atoms with Gasteiger partial charge in [-0.15, -0.1) is 0 Å². The van der Waals surface area contributed by atoms with E-state index in [1.54, 1.807) is 7.11 Å². The first-order valence-corrected chi connectivity index (χ1v) is 9.50. The number of carbonyl (C=O) groups is 2. The summed E-state index contributed by atoms with van der Waals surface area (Å²) in [6, 6.07) is 0. The molecule has 2 N–H and O–H groups in total. The lowest BCUT2D eigenvalue weighted by Crippen LogP contribution is -2.58. The molecule has 7 nitrogen and oxygen atoms in total. The molecule has 0 bridgehead atoms. The maximum atomic E-state index is 12.9. The van der Waals surface area contributed by atoms with Crippen LogP contribution < -0.4 is 5.73 Å². The summed E-state index contributed by atoms with van der Waals surface area (Å²) >= 11 is 0. The van der Waals surface area contributed by atoms with Crippen molar-refractivity contribution in [3.05, 3.63) is 0 Å². The number of piperidine rings is 2. The van der Waals surface area contributed by atoms with Crippen LogP contribution in [0, 0.1) is 5.92 Å². The first kappa shape index (κ1) is 18.6. The lowest BCUT2D eigenvalue weighted by Gasteiger charge is -2.45. The van der Waals surface area contributed by atoms with E-state index in [9.17, 15) is 9.59 Å². The number of rotatable bonds is 5. The second-order valence-electron chi connectivity index (χ2n) is 7.61. The fraction of sp³-hybridized carbons (Fsp3) is 0.889. The van der Waals surface area contributed by atoms with Gasteiger partial charge >= 0.3 is 0 Å². The highest BCUT2D eigenvalue weighted by Crippen LogP contribution is 2.38. The average Bonchev–Trinajstić information content (AvgIpc) is 3.09.